The summed E-state index contributed by atoms with van der Waals surface area (Å²) >= 11 is 0. The molecule has 0 atom stereocenters. The van der Waals surface area contributed by atoms with E-state index in [1.807, 2.05) is 0 Å². The quantitative estimate of drug-likeness (QED) is 0.384. The van der Waals surface area contributed by atoms with Crippen molar-refractivity contribution < 1.29 is 35.4 Å². The number of carbonyl (C=O) groups excluding carboxylic acids is 1. The van der Waals surface area contributed by atoms with Gasteiger partial charge in [0.2, 0.25) is 0 Å². The molecule has 0 aliphatic heterocycles. The van der Waals surface area contributed by atoms with Gasteiger partial charge in [0.05, 0.1) is 12.4 Å². The van der Waals surface area contributed by atoms with Crippen LogP contribution in [0.15, 0.2) is 0 Å². The highest BCUT2D eigenvalue weighted by Crippen LogP contribution is 1.70. The molecule has 0 aliphatic rings. The molecule has 70 valence electrons. The zero-order valence-electron chi connectivity index (χ0n) is 6.15. The number of carbonyl (C=O) groups is 3. The first-order chi connectivity index (χ1) is 5.40. The third-order valence-electron chi connectivity index (χ3n) is 0.509. The van der Waals surface area contributed by atoms with Crippen LogP contribution in [0.2, 0.25) is 0 Å². The van der Waals surface area contributed by atoms with Crippen LogP contribution in [0.3, 0.4) is 0 Å². The molecule has 7 heteroatoms. The van der Waals surface area contributed by atoms with Crippen LogP contribution in [-0.4, -0.2) is 34.7 Å². The van der Waals surface area contributed by atoms with Gasteiger partial charge in [0.25, 0.3) is 0 Å². The molecule has 5 N–H and O–H groups in total. The van der Waals surface area contributed by atoms with Crippen molar-refractivity contribution in [2.75, 3.05) is 6.54 Å². The van der Waals surface area contributed by atoms with Crippen LogP contribution in [0.1, 0.15) is 6.42 Å². The summed E-state index contributed by atoms with van der Waals surface area (Å²) in [5.74, 6) is -3.79. The van der Waals surface area contributed by atoms with Crippen LogP contribution in [0.25, 0.3) is 0 Å². The fraction of sp³-hybridized carbons (Fsp3) is 0.400. The highest BCUT2D eigenvalue weighted by molar-refractivity contribution is 5.87. The second-order valence-electron chi connectivity index (χ2n) is 1.59. The van der Waals surface area contributed by atoms with E-state index in [9.17, 15) is 19.5 Å². The lowest BCUT2D eigenvalue weighted by Crippen LogP contribution is -2.54. The van der Waals surface area contributed by atoms with Gasteiger partial charge in [0.1, 0.15) is 0 Å². The van der Waals surface area contributed by atoms with Gasteiger partial charge in [-0.1, -0.05) is 0 Å². The minimum atomic E-state index is -1.56. The summed E-state index contributed by atoms with van der Waals surface area (Å²) in [7, 11) is 0. The standard InChI is InChI=1S/C3H4O4.C2H5NO2/c4-2(5)1-3(6)7;3-1-2(4)5/h1H2,(H,4,5)(H,6,7);1,3H2,(H,4,5). The molecule has 0 aliphatic carbocycles. The topological polar surface area (TPSA) is 142 Å². The number of aliphatic carboxylic acids is 3. The lowest BCUT2D eigenvalue weighted by atomic mass is 10.5. The van der Waals surface area contributed by atoms with E-state index >= 15 is 0 Å². The number of hydrogen-bond acceptors (Lipinski definition) is 4. The van der Waals surface area contributed by atoms with Gasteiger partial charge in [-0.2, -0.15) is 0 Å². The van der Waals surface area contributed by atoms with E-state index in [2.05, 4.69) is 5.73 Å². The Hall–Kier alpha value is -1.63. The predicted octanol–water partition coefficient (Wildman–Crippen LogP) is -3.48. The fourth-order valence-corrected chi connectivity index (χ4v) is 0.123. The van der Waals surface area contributed by atoms with E-state index in [4.69, 9.17) is 10.2 Å². The number of rotatable bonds is 3. The van der Waals surface area contributed by atoms with Crippen molar-refractivity contribution in [1.82, 2.24) is 0 Å². The Labute approximate surface area is 67.4 Å². The molecular weight excluding hydrogens is 170 g/mol. The van der Waals surface area contributed by atoms with Crippen molar-refractivity contribution >= 4 is 17.9 Å². The maximum Gasteiger partial charge on any atom is 0.359 e. The highest BCUT2D eigenvalue weighted by atomic mass is 16.4. The molecule has 0 saturated heterocycles. The molecule has 0 bridgehead atoms. The van der Waals surface area contributed by atoms with Crippen molar-refractivity contribution in [2.24, 2.45) is 0 Å². The van der Waals surface area contributed by atoms with Gasteiger partial charge in [0.15, 0.2) is 6.54 Å². The zero-order chi connectivity index (χ0) is 10.1. The smallest absolute Gasteiger partial charge is 0.359 e. The summed E-state index contributed by atoms with van der Waals surface area (Å²) in [4.78, 5) is 28.0. The lowest BCUT2D eigenvalue weighted by Gasteiger charge is -1.91. The molecule has 0 aromatic carbocycles. The Morgan fingerprint density at radius 3 is 1.50 bits per heavy atom. The van der Waals surface area contributed by atoms with Gasteiger partial charge < -0.3 is 25.8 Å². The second kappa shape index (κ2) is 7.48. The summed E-state index contributed by atoms with van der Waals surface area (Å²) in [6.07, 6.45) is -0.917. The average molecular weight is 179 g/mol. The summed E-state index contributed by atoms with van der Waals surface area (Å²) in [5.41, 5.74) is 3.09. The number of carboxylic acid groups (broad SMARTS) is 3. The third kappa shape index (κ3) is 23.8. The molecule has 0 radical (unpaired) electrons. The van der Waals surface area contributed by atoms with Gasteiger partial charge in [-0.05, 0) is 0 Å². The zero-order valence-corrected chi connectivity index (χ0v) is 6.15. The minimum absolute atomic E-state index is 0.0278. The van der Waals surface area contributed by atoms with Crippen LogP contribution >= 0.6 is 0 Å². The minimum Gasteiger partial charge on any atom is -0.550 e. The van der Waals surface area contributed by atoms with Crippen molar-refractivity contribution in [1.29, 1.82) is 0 Å². The van der Waals surface area contributed by atoms with Crippen LogP contribution in [0.4, 0.5) is 0 Å². The van der Waals surface area contributed by atoms with Gasteiger partial charge in [-0.15, -0.1) is 0 Å². The van der Waals surface area contributed by atoms with Gasteiger partial charge in [0, 0.05) is 0 Å². The first kappa shape index (κ1) is 13.0. The maximum atomic E-state index is 9.39. The van der Waals surface area contributed by atoms with Crippen molar-refractivity contribution in [2.45, 2.75) is 6.42 Å². The Bertz CT molecular complexity index is 165. The molecule has 0 unspecified atom stereocenters. The van der Waals surface area contributed by atoms with Gasteiger partial charge >= 0.3 is 11.9 Å². The fourth-order valence-electron chi connectivity index (χ4n) is 0.123. The molecular formula is C5H9NO6. The number of quaternary nitrogens is 1. The monoisotopic (exact) mass is 179 g/mol. The van der Waals surface area contributed by atoms with Crippen molar-refractivity contribution in [3.63, 3.8) is 0 Å². The number of carboxylic acids is 3. The molecule has 0 aromatic heterocycles. The van der Waals surface area contributed by atoms with Crippen molar-refractivity contribution in [3.05, 3.63) is 0 Å². The molecule has 0 fully saturated rings. The summed E-state index contributed by atoms with van der Waals surface area (Å²) in [6, 6.07) is 0. The summed E-state index contributed by atoms with van der Waals surface area (Å²) in [6.45, 7) is -0.0278. The Morgan fingerprint density at radius 1 is 1.17 bits per heavy atom. The predicted molar refractivity (Wildman–Crippen MR) is 32.7 cm³/mol. The molecule has 0 rings (SSSR count). The highest BCUT2D eigenvalue weighted by Gasteiger charge is 1.92. The molecule has 12 heavy (non-hydrogen) atoms. The van der Waals surface area contributed by atoms with E-state index in [1.54, 1.807) is 0 Å². The van der Waals surface area contributed by atoms with Crippen LogP contribution in [0, 0.1) is 0 Å². The normalized spacial score (nSPS) is 7.75. The first-order valence-electron chi connectivity index (χ1n) is 2.82. The lowest BCUT2D eigenvalue weighted by molar-refractivity contribution is -0.358. The summed E-state index contributed by atoms with van der Waals surface area (Å²) < 4.78 is 0. The summed E-state index contributed by atoms with van der Waals surface area (Å²) in [5, 5.41) is 24.6. The first-order valence-corrected chi connectivity index (χ1v) is 2.82. The third-order valence-corrected chi connectivity index (χ3v) is 0.509. The molecule has 7 nitrogen and oxygen atoms in total. The van der Waals surface area contributed by atoms with E-state index in [1.165, 1.54) is 0 Å². The second-order valence-corrected chi connectivity index (χ2v) is 1.59. The van der Waals surface area contributed by atoms with Gasteiger partial charge in [-0.25, -0.2) is 4.79 Å². The van der Waals surface area contributed by atoms with E-state index in [-0.39, 0.29) is 6.54 Å². The molecule has 0 saturated carbocycles. The van der Waals surface area contributed by atoms with Gasteiger partial charge in [-0.3, -0.25) is 4.79 Å². The maximum absolute atomic E-state index is 9.39. The van der Waals surface area contributed by atoms with Crippen molar-refractivity contribution in [3.8, 4) is 0 Å². The molecule has 0 amide bonds. The molecule has 0 spiro atoms. The molecule has 0 heterocycles. The average Bonchev–Trinajstić information content (AvgIpc) is 1.85. The van der Waals surface area contributed by atoms with E-state index in [0.717, 1.165) is 0 Å². The van der Waals surface area contributed by atoms with E-state index < -0.39 is 24.3 Å². The Morgan fingerprint density at radius 2 is 1.50 bits per heavy atom. The molecule has 0 aromatic rings. The largest absolute Gasteiger partial charge is 0.550 e. The van der Waals surface area contributed by atoms with Crippen LogP contribution in [0.5, 0.6) is 0 Å². The van der Waals surface area contributed by atoms with E-state index in [0.29, 0.717) is 0 Å². The number of hydrogen-bond donors (Lipinski definition) is 3. The van der Waals surface area contributed by atoms with Crippen LogP contribution < -0.4 is 10.8 Å². The SMILES string of the molecule is O=C([O-])CC(=O)O.[NH3+]CC(=O)O. The Kier molecular flexibility index (Phi) is 8.10. The van der Waals surface area contributed by atoms with Crippen LogP contribution in [-0.2, 0) is 14.4 Å². The Balaban J connectivity index is 0.